The van der Waals surface area contributed by atoms with Gasteiger partial charge < -0.3 is 0 Å². The average Bonchev–Trinajstić information content (AvgIpc) is 2.55. The Balaban J connectivity index is 1.82. The molecule has 0 amide bonds. The van der Waals surface area contributed by atoms with Crippen LogP contribution in [0.3, 0.4) is 0 Å². The van der Waals surface area contributed by atoms with Gasteiger partial charge in [-0.25, -0.2) is 4.39 Å². The van der Waals surface area contributed by atoms with Gasteiger partial charge in [0.25, 0.3) is 0 Å². The van der Waals surface area contributed by atoms with Crippen molar-refractivity contribution in [1.29, 1.82) is 0 Å². The maximum absolute atomic E-state index is 14.5. The zero-order valence-electron chi connectivity index (χ0n) is 14.1. The smallest absolute Gasteiger partial charge is 0.126 e. The first-order valence-electron chi connectivity index (χ1n) is 8.74. The summed E-state index contributed by atoms with van der Waals surface area (Å²) in [5, 5.41) is 0. The van der Waals surface area contributed by atoms with Crippen molar-refractivity contribution < 1.29 is 4.39 Å². The highest BCUT2D eigenvalue weighted by Gasteiger charge is 2.22. The normalized spacial score (nSPS) is 17.4. The number of rotatable bonds is 4. The molecule has 1 aliphatic carbocycles. The number of allylic oxidation sites excluding steroid dienone is 1. The van der Waals surface area contributed by atoms with Gasteiger partial charge in [-0.1, -0.05) is 55.8 Å². The maximum atomic E-state index is 14.5. The number of hydrogen-bond acceptors (Lipinski definition) is 0. The summed E-state index contributed by atoms with van der Waals surface area (Å²) >= 11 is 0. The van der Waals surface area contributed by atoms with E-state index in [-0.39, 0.29) is 5.82 Å². The lowest BCUT2D eigenvalue weighted by molar-refractivity contribution is 0.533. The van der Waals surface area contributed by atoms with E-state index in [0.717, 1.165) is 43.2 Å². The fourth-order valence-electron chi connectivity index (χ4n) is 3.68. The van der Waals surface area contributed by atoms with Crippen molar-refractivity contribution in [1.82, 2.24) is 0 Å². The van der Waals surface area contributed by atoms with Gasteiger partial charge in [-0.15, -0.1) is 0 Å². The molecule has 0 fully saturated rings. The zero-order valence-corrected chi connectivity index (χ0v) is 14.1. The molecule has 0 aliphatic heterocycles. The van der Waals surface area contributed by atoms with Crippen LogP contribution in [-0.2, 0) is 19.3 Å². The minimum Gasteiger partial charge on any atom is -0.207 e. The summed E-state index contributed by atoms with van der Waals surface area (Å²) < 4.78 is 14.5. The second kappa shape index (κ2) is 7.12. The molecular weight excluding hydrogens is 283 g/mol. The van der Waals surface area contributed by atoms with Crippen molar-refractivity contribution >= 4 is 6.08 Å². The summed E-state index contributed by atoms with van der Waals surface area (Å²) in [5.74, 6) is 0.292. The van der Waals surface area contributed by atoms with Crippen LogP contribution in [0.2, 0.25) is 0 Å². The summed E-state index contributed by atoms with van der Waals surface area (Å²) in [5.41, 5.74) is 6.08. The Morgan fingerprint density at radius 3 is 2.74 bits per heavy atom. The van der Waals surface area contributed by atoms with E-state index in [1.54, 1.807) is 6.07 Å². The molecule has 0 radical (unpaired) electrons. The van der Waals surface area contributed by atoms with Gasteiger partial charge in [0.15, 0.2) is 0 Å². The Kier molecular flexibility index (Phi) is 4.95. The third-order valence-electron chi connectivity index (χ3n) is 4.86. The van der Waals surface area contributed by atoms with Crippen molar-refractivity contribution in [3.05, 3.63) is 76.1 Å². The molecule has 1 unspecified atom stereocenters. The van der Waals surface area contributed by atoms with Gasteiger partial charge >= 0.3 is 0 Å². The highest BCUT2D eigenvalue weighted by atomic mass is 19.1. The first-order chi connectivity index (χ1) is 11.2. The second-order valence-electron chi connectivity index (χ2n) is 6.57. The van der Waals surface area contributed by atoms with Crippen LogP contribution >= 0.6 is 0 Å². The van der Waals surface area contributed by atoms with E-state index in [9.17, 15) is 4.39 Å². The molecule has 1 heteroatoms. The highest BCUT2D eigenvalue weighted by Crippen LogP contribution is 2.34. The number of fused-ring (bicyclic) bond motifs is 1. The molecule has 0 spiro atoms. The first-order valence-corrected chi connectivity index (χ1v) is 8.74. The Labute approximate surface area is 139 Å². The van der Waals surface area contributed by atoms with E-state index in [1.807, 2.05) is 13.0 Å². The fourth-order valence-corrected chi connectivity index (χ4v) is 3.68. The molecule has 2 aromatic carbocycles. The van der Waals surface area contributed by atoms with Gasteiger partial charge in [-0.2, -0.15) is 0 Å². The van der Waals surface area contributed by atoms with Crippen LogP contribution in [-0.4, -0.2) is 0 Å². The predicted octanol–water partition coefficient (Wildman–Crippen LogP) is 6.08. The summed E-state index contributed by atoms with van der Waals surface area (Å²) in [7, 11) is 0. The Morgan fingerprint density at radius 1 is 1.13 bits per heavy atom. The van der Waals surface area contributed by atoms with E-state index in [0.29, 0.717) is 5.92 Å². The molecular formula is C22H25F. The van der Waals surface area contributed by atoms with Gasteiger partial charge in [-0.05, 0) is 72.4 Å². The van der Waals surface area contributed by atoms with Crippen molar-refractivity contribution in [3.8, 4) is 0 Å². The number of hydrogen-bond donors (Lipinski definition) is 0. The summed E-state index contributed by atoms with van der Waals surface area (Å²) in [6.07, 6.45) is 9.26. The SMILES string of the molecule is C/C=C/c1ccc2c(c1)CCC(c1ccc(CCC)cc1F)C2. The van der Waals surface area contributed by atoms with Crippen LogP contribution in [0, 0.1) is 5.82 Å². The predicted molar refractivity (Wildman–Crippen MR) is 96.3 cm³/mol. The average molecular weight is 308 g/mol. The summed E-state index contributed by atoms with van der Waals surface area (Å²) in [6, 6.07) is 12.5. The molecule has 0 bridgehead atoms. The van der Waals surface area contributed by atoms with Crippen LogP contribution in [0.15, 0.2) is 42.5 Å². The molecule has 1 atom stereocenters. The fraction of sp³-hybridized carbons (Fsp3) is 0.364. The van der Waals surface area contributed by atoms with Gasteiger partial charge in [0.1, 0.15) is 5.82 Å². The van der Waals surface area contributed by atoms with E-state index in [2.05, 4.69) is 43.3 Å². The molecule has 23 heavy (non-hydrogen) atoms. The molecule has 2 aromatic rings. The van der Waals surface area contributed by atoms with Crippen LogP contribution in [0.25, 0.3) is 6.08 Å². The van der Waals surface area contributed by atoms with E-state index < -0.39 is 0 Å². The van der Waals surface area contributed by atoms with E-state index in [1.165, 1.54) is 16.7 Å². The van der Waals surface area contributed by atoms with Crippen molar-refractivity contribution in [2.75, 3.05) is 0 Å². The third-order valence-corrected chi connectivity index (χ3v) is 4.86. The van der Waals surface area contributed by atoms with Gasteiger partial charge in [0.2, 0.25) is 0 Å². The molecule has 0 aromatic heterocycles. The molecule has 0 saturated heterocycles. The number of halogens is 1. The minimum absolute atomic E-state index is 0.0186. The first kappa shape index (κ1) is 16.0. The summed E-state index contributed by atoms with van der Waals surface area (Å²) in [6.45, 7) is 4.17. The molecule has 0 saturated carbocycles. The molecule has 120 valence electrons. The van der Waals surface area contributed by atoms with Crippen molar-refractivity contribution in [2.45, 2.75) is 51.9 Å². The minimum atomic E-state index is -0.0186. The lowest BCUT2D eigenvalue weighted by Crippen LogP contribution is -2.14. The van der Waals surface area contributed by atoms with Crippen LogP contribution in [0.5, 0.6) is 0 Å². The largest absolute Gasteiger partial charge is 0.207 e. The topological polar surface area (TPSA) is 0 Å². The second-order valence-corrected chi connectivity index (χ2v) is 6.57. The third kappa shape index (κ3) is 3.55. The Bertz CT molecular complexity index is 712. The molecule has 3 rings (SSSR count). The molecule has 0 heterocycles. The lowest BCUT2D eigenvalue weighted by atomic mass is 9.79. The van der Waals surface area contributed by atoms with Gasteiger partial charge in [-0.3, -0.25) is 0 Å². The maximum Gasteiger partial charge on any atom is 0.126 e. The van der Waals surface area contributed by atoms with Crippen LogP contribution in [0.1, 0.15) is 60.4 Å². The molecule has 0 N–H and O–H groups in total. The van der Waals surface area contributed by atoms with Crippen LogP contribution in [0.4, 0.5) is 4.39 Å². The lowest BCUT2D eigenvalue weighted by Gasteiger charge is -2.26. The Morgan fingerprint density at radius 2 is 2.00 bits per heavy atom. The van der Waals surface area contributed by atoms with E-state index in [4.69, 9.17) is 0 Å². The highest BCUT2D eigenvalue weighted by molar-refractivity contribution is 5.52. The van der Waals surface area contributed by atoms with Crippen molar-refractivity contribution in [3.63, 3.8) is 0 Å². The van der Waals surface area contributed by atoms with Crippen LogP contribution < -0.4 is 0 Å². The van der Waals surface area contributed by atoms with Crippen molar-refractivity contribution in [2.24, 2.45) is 0 Å². The number of aryl methyl sites for hydroxylation is 2. The van der Waals surface area contributed by atoms with Gasteiger partial charge in [0, 0.05) is 0 Å². The monoisotopic (exact) mass is 308 g/mol. The van der Waals surface area contributed by atoms with E-state index >= 15 is 0 Å². The Hall–Kier alpha value is -1.89. The number of benzene rings is 2. The van der Waals surface area contributed by atoms with Gasteiger partial charge in [0.05, 0.1) is 0 Å². The zero-order chi connectivity index (χ0) is 16.2. The summed E-state index contributed by atoms with van der Waals surface area (Å²) in [4.78, 5) is 0. The molecule has 0 nitrogen and oxygen atoms in total. The standard InChI is InChI=1S/C22H25F/c1-3-5-16-7-9-19-15-20(11-10-18(19)13-16)21-12-8-17(6-4-2)14-22(21)23/h3,5,7-9,12-14,20H,4,6,10-11,15H2,1-2H3/b5-3+. The quantitative estimate of drug-likeness (QED) is 0.641. The molecule has 1 aliphatic rings.